The van der Waals surface area contributed by atoms with Gasteiger partial charge in [-0.05, 0) is 43.9 Å². The molecule has 0 aromatic heterocycles. The third kappa shape index (κ3) is 2.27. The van der Waals surface area contributed by atoms with Crippen LogP contribution in [0.2, 0.25) is 0 Å². The van der Waals surface area contributed by atoms with Crippen molar-refractivity contribution in [3.8, 4) is 0 Å². The molecule has 4 aliphatic rings. The van der Waals surface area contributed by atoms with Gasteiger partial charge in [-0.3, -0.25) is 4.79 Å². The molecule has 2 saturated heterocycles. The van der Waals surface area contributed by atoms with Crippen LogP contribution in [0.3, 0.4) is 0 Å². The lowest BCUT2D eigenvalue weighted by Gasteiger charge is -2.36. The van der Waals surface area contributed by atoms with Crippen LogP contribution < -0.4 is 0 Å². The number of hydrogen-bond acceptors (Lipinski definition) is 3. The minimum atomic E-state index is -0.00487. The van der Waals surface area contributed by atoms with Crippen molar-refractivity contribution in [1.29, 1.82) is 0 Å². The summed E-state index contributed by atoms with van der Waals surface area (Å²) < 4.78 is 11.2. The Hall–Kier alpha value is -0.610. The molecule has 1 amide bonds. The Bertz CT molecular complexity index is 372. The van der Waals surface area contributed by atoms with E-state index in [1.807, 2.05) is 0 Å². The molecule has 0 N–H and O–H groups in total. The number of fused-ring (bicyclic) bond motifs is 2. The molecule has 112 valence electrons. The van der Waals surface area contributed by atoms with Crippen molar-refractivity contribution in [2.75, 3.05) is 26.3 Å². The topological polar surface area (TPSA) is 38.8 Å². The quantitative estimate of drug-likeness (QED) is 0.776. The van der Waals surface area contributed by atoms with E-state index >= 15 is 0 Å². The molecule has 2 aliphatic heterocycles. The SMILES string of the molecule is O=C(C1CC2CCC1C2)N1CCC(C2OCCO2)CC1. The first-order valence-electron chi connectivity index (χ1n) is 8.33. The molecule has 2 saturated carbocycles. The lowest BCUT2D eigenvalue weighted by Crippen LogP contribution is -2.45. The first-order chi connectivity index (χ1) is 9.81. The van der Waals surface area contributed by atoms with Crippen LogP contribution in [-0.4, -0.2) is 43.4 Å². The van der Waals surface area contributed by atoms with E-state index in [0.717, 1.165) is 51.5 Å². The van der Waals surface area contributed by atoms with Gasteiger partial charge in [0.15, 0.2) is 6.29 Å². The van der Waals surface area contributed by atoms with E-state index in [1.54, 1.807) is 0 Å². The summed E-state index contributed by atoms with van der Waals surface area (Å²) in [6.45, 7) is 3.27. The summed E-state index contributed by atoms with van der Waals surface area (Å²) in [5.74, 6) is 2.84. The minimum absolute atomic E-state index is 0.00487. The van der Waals surface area contributed by atoms with Crippen LogP contribution in [0.25, 0.3) is 0 Å². The second kappa shape index (κ2) is 5.30. The molecule has 3 atom stereocenters. The van der Waals surface area contributed by atoms with E-state index in [-0.39, 0.29) is 6.29 Å². The van der Waals surface area contributed by atoms with E-state index in [9.17, 15) is 4.79 Å². The number of carbonyl (C=O) groups excluding carboxylic acids is 1. The van der Waals surface area contributed by atoms with Crippen LogP contribution in [0.15, 0.2) is 0 Å². The summed E-state index contributed by atoms with van der Waals surface area (Å²) in [6.07, 6.45) is 7.21. The maximum absolute atomic E-state index is 12.7. The average molecular weight is 279 g/mol. The first-order valence-corrected chi connectivity index (χ1v) is 8.33. The predicted molar refractivity (Wildman–Crippen MR) is 73.9 cm³/mol. The van der Waals surface area contributed by atoms with Gasteiger partial charge >= 0.3 is 0 Å². The monoisotopic (exact) mass is 279 g/mol. The Kier molecular flexibility index (Phi) is 3.47. The molecule has 2 aliphatic carbocycles. The molecule has 20 heavy (non-hydrogen) atoms. The number of rotatable bonds is 2. The summed E-state index contributed by atoms with van der Waals surface area (Å²) in [4.78, 5) is 14.8. The standard InChI is InChI=1S/C16H25NO3/c18-15(14-10-11-1-2-13(14)9-11)17-5-3-12(4-6-17)16-19-7-8-20-16/h11-14,16H,1-10H2. The van der Waals surface area contributed by atoms with Crippen LogP contribution in [0.4, 0.5) is 0 Å². The third-order valence-electron chi connectivity index (χ3n) is 5.94. The Morgan fingerprint density at radius 3 is 2.25 bits per heavy atom. The number of piperidine rings is 1. The van der Waals surface area contributed by atoms with Crippen molar-refractivity contribution in [3.63, 3.8) is 0 Å². The molecular weight excluding hydrogens is 254 g/mol. The number of amides is 1. The summed E-state index contributed by atoms with van der Waals surface area (Å²) in [6, 6.07) is 0. The highest BCUT2D eigenvalue weighted by atomic mass is 16.7. The molecule has 0 aromatic carbocycles. The Morgan fingerprint density at radius 2 is 1.65 bits per heavy atom. The molecule has 0 spiro atoms. The Morgan fingerprint density at radius 1 is 0.900 bits per heavy atom. The molecule has 0 aromatic rings. The Labute approximate surface area is 120 Å². The maximum Gasteiger partial charge on any atom is 0.225 e. The highest BCUT2D eigenvalue weighted by Crippen LogP contribution is 2.49. The van der Waals surface area contributed by atoms with Crippen LogP contribution in [0.5, 0.6) is 0 Å². The molecular formula is C16H25NO3. The lowest BCUT2D eigenvalue weighted by molar-refractivity contribution is -0.142. The highest BCUT2D eigenvalue weighted by Gasteiger charge is 2.45. The van der Waals surface area contributed by atoms with Crippen molar-refractivity contribution >= 4 is 5.91 Å². The summed E-state index contributed by atoms with van der Waals surface area (Å²) >= 11 is 0. The summed E-state index contributed by atoms with van der Waals surface area (Å²) in [5.41, 5.74) is 0. The van der Waals surface area contributed by atoms with Crippen molar-refractivity contribution in [1.82, 2.24) is 4.90 Å². The second-order valence-corrected chi connectivity index (χ2v) is 7.05. The van der Waals surface area contributed by atoms with Crippen LogP contribution in [-0.2, 0) is 14.3 Å². The molecule has 2 bridgehead atoms. The Balaban J connectivity index is 1.31. The minimum Gasteiger partial charge on any atom is -0.350 e. The fraction of sp³-hybridized carbons (Fsp3) is 0.938. The molecule has 0 radical (unpaired) electrons. The number of nitrogens with zero attached hydrogens (tertiary/aromatic N) is 1. The van der Waals surface area contributed by atoms with Gasteiger partial charge in [-0.2, -0.15) is 0 Å². The van der Waals surface area contributed by atoms with Gasteiger partial charge in [0.2, 0.25) is 5.91 Å². The van der Waals surface area contributed by atoms with Gasteiger partial charge in [0.05, 0.1) is 13.2 Å². The van der Waals surface area contributed by atoms with Gasteiger partial charge in [-0.15, -0.1) is 0 Å². The predicted octanol–water partition coefficient (Wildman–Crippen LogP) is 2.03. The molecule has 3 unspecified atom stereocenters. The highest BCUT2D eigenvalue weighted by molar-refractivity contribution is 5.79. The number of hydrogen-bond donors (Lipinski definition) is 0. The molecule has 4 nitrogen and oxygen atoms in total. The van der Waals surface area contributed by atoms with Crippen LogP contribution in [0, 0.1) is 23.7 Å². The molecule has 4 heteroatoms. The third-order valence-corrected chi connectivity index (χ3v) is 5.94. The van der Waals surface area contributed by atoms with E-state index in [4.69, 9.17) is 9.47 Å². The van der Waals surface area contributed by atoms with Crippen LogP contribution >= 0.6 is 0 Å². The van der Waals surface area contributed by atoms with Crippen molar-refractivity contribution in [3.05, 3.63) is 0 Å². The normalized spacial score (nSPS) is 38.8. The fourth-order valence-corrected chi connectivity index (χ4v) is 4.82. The van der Waals surface area contributed by atoms with Gasteiger partial charge in [-0.1, -0.05) is 6.42 Å². The fourth-order valence-electron chi connectivity index (χ4n) is 4.82. The van der Waals surface area contributed by atoms with Gasteiger partial charge in [0.1, 0.15) is 0 Å². The first kappa shape index (κ1) is 13.1. The van der Waals surface area contributed by atoms with Gasteiger partial charge in [0, 0.05) is 24.9 Å². The maximum atomic E-state index is 12.7. The second-order valence-electron chi connectivity index (χ2n) is 7.05. The number of carbonyl (C=O) groups is 1. The zero-order valence-corrected chi connectivity index (χ0v) is 12.1. The summed E-state index contributed by atoms with van der Waals surface area (Å²) in [7, 11) is 0. The molecule has 4 rings (SSSR count). The van der Waals surface area contributed by atoms with Gasteiger partial charge in [0.25, 0.3) is 0 Å². The number of likely N-dealkylation sites (tertiary alicyclic amines) is 1. The molecule has 2 heterocycles. The van der Waals surface area contributed by atoms with Crippen molar-refractivity contribution in [2.24, 2.45) is 23.7 Å². The van der Waals surface area contributed by atoms with Crippen molar-refractivity contribution < 1.29 is 14.3 Å². The zero-order valence-electron chi connectivity index (χ0n) is 12.1. The lowest BCUT2D eigenvalue weighted by atomic mass is 9.86. The number of ether oxygens (including phenoxy) is 2. The summed E-state index contributed by atoms with van der Waals surface area (Å²) in [5, 5.41) is 0. The zero-order chi connectivity index (χ0) is 13.5. The largest absolute Gasteiger partial charge is 0.350 e. The van der Waals surface area contributed by atoms with Gasteiger partial charge < -0.3 is 14.4 Å². The average Bonchev–Trinajstić information content (AvgIpc) is 3.23. The van der Waals surface area contributed by atoms with Crippen molar-refractivity contribution in [2.45, 2.75) is 44.8 Å². The van der Waals surface area contributed by atoms with E-state index in [1.165, 1.54) is 19.3 Å². The molecule has 4 fully saturated rings. The van der Waals surface area contributed by atoms with E-state index in [0.29, 0.717) is 23.7 Å². The smallest absolute Gasteiger partial charge is 0.225 e. The van der Waals surface area contributed by atoms with E-state index < -0.39 is 0 Å². The van der Waals surface area contributed by atoms with E-state index in [2.05, 4.69) is 4.90 Å². The van der Waals surface area contributed by atoms with Gasteiger partial charge in [-0.25, -0.2) is 0 Å². The van der Waals surface area contributed by atoms with Crippen LogP contribution in [0.1, 0.15) is 38.5 Å².